The molecular formula is C12H21N3O3. The summed E-state index contributed by atoms with van der Waals surface area (Å²) in [4.78, 5) is 26.5. The summed E-state index contributed by atoms with van der Waals surface area (Å²) in [6.45, 7) is 3.61. The van der Waals surface area contributed by atoms with E-state index in [0.717, 1.165) is 38.9 Å². The zero-order valence-electron chi connectivity index (χ0n) is 10.6. The third-order valence-corrected chi connectivity index (χ3v) is 3.70. The zero-order valence-corrected chi connectivity index (χ0v) is 10.6. The average molecular weight is 255 g/mol. The Kier molecular flexibility index (Phi) is 4.54. The number of carbonyl (C=O) groups is 2. The predicted molar refractivity (Wildman–Crippen MR) is 65.9 cm³/mol. The summed E-state index contributed by atoms with van der Waals surface area (Å²) in [7, 11) is 0. The number of likely N-dealkylation sites (tertiary alicyclic amines) is 1. The summed E-state index contributed by atoms with van der Waals surface area (Å²) in [6.07, 6.45) is 2.75. The van der Waals surface area contributed by atoms with E-state index < -0.39 is 6.09 Å². The van der Waals surface area contributed by atoms with E-state index in [1.165, 1.54) is 4.90 Å². The molecule has 0 aliphatic carbocycles. The van der Waals surface area contributed by atoms with Crippen LogP contribution in [0, 0.1) is 5.92 Å². The molecule has 2 saturated heterocycles. The average Bonchev–Trinajstić information content (AvgIpc) is 2.78. The SMILES string of the molecule is NCCC1CCN(CC(=O)N2CCOC2=O)CC1. The second-order valence-corrected chi connectivity index (χ2v) is 4.96. The van der Waals surface area contributed by atoms with Crippen molar-refractivity contribution >= 4 is 12.0 Å². The third kappa shape index (κ3) is 3.20. The number of hydrogen-bond donors (Lipinski definition) is 1. The molecule has 0 aromatic heterocycles. The van der Waals surface area contributed by atoms with E-state index in [2.05, 4.69) is 4.90 Å². The first-order chi connectivity index (χ1) is 8.70. The maximum atomic E-state index is 11.9. The molecule has 2 amide bonds. The smallest absolute Gasteiger partial charge is 0.416 e. The van der Waals surface area contributed by atoms with E-state index in [-0.39, 0.29) is 5.91 Å². The van der Waals surface area contributed by atoms with Gasteiger partial charge in [0, 0.05) is 0 Å². The number of nitrogens with zero attached hydrogens (tertiary/aromatic N) is 2. The van der Waals surface area contributed by atoms with Crippen molar-refractivity contribution in [3.63, 3.8) is 0 Å². The van der Waals surface area contributed by atoms with Crippen LogP contribution in [0.5, 0.6) is 0 Å². The third-order valence-electron chi connectivity index (χ3n) is 3.70. The lowest BCUT2D eigenvalue weighted by Crippen LogP contribution is -2.43. The predicted octanol–water partition coefficient (Wildman–Crippen LogP) is 0.0260. The lowest BCUT2D eigenvalue weighted by Gasteiger charge is -2.31. The Balaban J connectivity index is 1.74. The van der Waals surface area contributed by atoms with Gasteiger partial charge in [0.1, 0.15) is 6.61 Å². The molecule has 6 nitrogen and oxygen atoms in total. The van der Waals surface area contributed by atoms with Crippen molar-refractivity contribution in [3.8, 4) is 0 Å². The minimum atomic E-state index is -0.502. The standard InChI is InChI=1S/C12H21N3O3/c13-4-1-10-2-5-14(6-3-10)9-11(16)15-7-8-18-12(15)17/h10H,1-9,13H2. The number of piperidine rings is 1. The highest BCUT2D eigenvalue weighted by molar-refractivity contribution is 5.94. The largest absolute Gasteiger partial charge is 0.447 e. The van der Waals surface area contributed by atoms with Crippen molar-refractivity contribution in [2.24, 2.45) is 11.7 Å². The van der Waals surface area contributed by atoms with E-state index in [9.17, 15) is 9.59 Å². The Hall–Kier alpha value is -1.14. The minimum absolute atomic E-state index is 0.144. The number of ether oxygens (including phenoxy) is 1. The molecule has 0 saturated carbocycles. The van der Waals surface area contributed by atoms with E-state index in [4.69, 9.17) is 10.5 Å². The monoisotopic (exact) mass is 255 g/mol. The molecule has 0 aromatic carbocycles. The van der Waals surface area contributed by atoms with Gasteiger partial charge >= 0.3 is 6.09 Å². The summed E-state index contributed by atoms with van der Waals surface area (Å²) in [5.74, 6) is 0.549. The topological polar surface area (TPSA) is 75.9 Å². The van der Waals surface area contributed by atoms with Gasteiger partial charge in [-0.25, -0.2) is 9.69 Å². The minimum Gasteiger partial charge on any atom is -0.447 e. The van der Waals surface area contributed by atoms with Gasteiger partial charge in [0.05, 0.1) is 13.1 Å². The van der Waals surface area contributed by atoms with Crippen LogP contribution < -0.4 is 5.73 Å². The van der Waals surface area contributed by atoms with Crippen LogP contribution in [0.4, 0.5) is 4.79 Å². The lowest BCUT2D eigenvalue weighted by atomic mass is 9.94. The first-order valence-corrected chi connectivity index (χ1v) is 6.60. The van der Waals surface area contributed by atoms with Crippen molar-refractivity contribution in [2.45, 2.75) is 19.3 Å². The molecule has 2 aliphatic heterocycles. The molecular weight excluding hydrogens is 234 g/mol. The molecule has 2 N–H and O–H groups in total. The normalized spacial score (nSPS) is 22.3. The number of rotatable bonds is 4. The van der Waals surface area contributed by atoms with Crippen LogP contribution in [-0.4, -0.2) is 61.1 Å². The van der Waals surface area contributed by atoms with Crippen molar-refractivity contribution in [3.05, 3.63) is 0 Å². The quantitative estimate of drug-likeness (QED) is 0.766. The fourth-order valence-corrected chi connectivity index (χ4v) is 2.57. The number of carbonyl (C=O) groups excluding carboxylic acids is 2. The molecule has 0 unspecified atom stereocenters. The zero-order chi connectivity index (χ0) is 13.0. The fourth-order valence-electron chi connectivity index (χ4n) is 2.57. The summed E-state index contributed by atoms with van der Waals surface area (Å²) < 4.78 is 4.76. The Labute approximate surface area is 107 Å². The van der Waals surface area contributed by atoms with Crippen LogP contribution in [0.2, 0.25) is 0 Å². The van der Waals surface area contributed by atoms with Gasteiger partial charge in [-0.3, -0.25) is 9.69 Å². The summed E-state index contributed by atoms with van der Waals surface area (Å²) in [6, 6.07) is 0. The Morgan fingerprint density at radius 1 is 1.33 bits per heavy atom. The van der Waals surface area contributed by atoms with Gasteiger partial charge in [-0.2, -0.15) is 0 Å². The van der Waals surface area contributed by atoms with Crippen molar-refractivity contribution in [1.82, 2.24) is 9.80 Å². The van der Waals surface area contributed by atoms with Crippen molar-refractivity contribution < 1.29 is 14.3 Å². The van der Waals surface area contributed by atoms with Crippen LogP contribution >= 0.6 is 0 Å². The Morgan fingerprint density at radius 2 is 2.06 bits per heavy atom. The van der Waals surface area contributed by atoms with Crippen molar-refractivity contribution in [1.29, 1.82) is 0 Å². The molecule has 2 fully saturated rings. The number of cyclic esters (lactones) is 1. The highest BCUT2D eigenvalue weighted by Crippen LogP contribution is 2.19. The number of imide groups is 1. The fraction of sp³-hybridized carbons (Fsp3) is 0.833. The highest BCUT2D eigenvalue weighted by Gasteiger charge is 2.30. The number of nitrogens with two attached hydrogens (primary N) is 1. The molecule has 6 heteroatoms. The van der Waals surface area contributed by atoms with Crippen LogP contribution in [0.25, 0.3) is 0 Å². The molecule has 0 spiro atoms. The van der Waals surface area contributed by atoms with Crippen LogP contribution in [-0.2, 0) is 9.53 Å². The van der Waals surface area contributed by atoms with Gasteiger partial charge in [0.15, 0.2) is 0 Å². The summed E-state index contributed by atoms with van der Waals surface area (Å²) >= 11 is 0. The maximum absolute atomic E-state index is 11.9. The molecule has 2 heterocycles. The van der Waals surface area contributed by atoms with E-state index in [1.807, 2.05) is 0 Å². The van der Waals surface area contributed by atoms with Gasteiger partial charge in [-0.1, -0.05) is 0 Å². The van der Waals surface area contributed by atoms with E-state index in [1.54, 1.807) is 0 Å². The lowest BCUT2D eigenvalue weighted by molar-refractivity contribution is -0.129. The molecule has 0 bridgehead atoms. The molecule has 2 rings (SSSR count). The molecule has 0 atom stereocenters. The number of amides is 2. The van der Waals surface area contributed by atoms with E-state index in [0.29, 0.717) is 25.6 Å². The molecule has 0 radical (unpaired) electrons. The summed E-state index contributed by atoms with van der Waals surface area (Å²) in [5, 5.41) is 0. The van der Waals surface area contributed by atoms with Crippen LogP contribution in [0.15, 0.2) is 0 Å². The molecule has 18 heavy (non-hydrogen) atoms. The first-order valence-electron chi connectivity index (χ1n) is 6.60. The molecule has 0 aromatic rings. The summed E-state index contributed by atoms with van der Waals surface area (Å²) in [5.41, 5.74) is 5.55. The maximum Gasteiger partial charge on any atom is 0.416 e. The van der Waals surface area contributed by atoms with Crippen molar-refractivity contribution in [2.75, 3.05) is 39.3 Å². The number of hydrogen-bond acceptors (Lipinski definition) is 5. The second-order valence-electron chi connectivity index (χ2n) is 4.96. The Morgan fingerprint density at radius 3 is 2.61 bits per heavy atom. The molecule has 102 valence electrons. The van der Waals surface area contributed by atoms with E-state index >= 15 is 0 Å². The van der Waals surface area contributed by atoms with Gasteiger partial charge in [-0.15, -0.1) is 0 Å². The van der Waals surface area contributed by atoms with Crippen LogP contribution in [0.1, 0.15) is 19.3 Å². The molecule has 2 aliphatic rings. The van der Waals surface area contributed by atoms with Crippen LogP contribution in [0.3, 0.4) is 0 Å². The first kappa shape index (κ1) is 13.3. The van der Waals surface area contributed by atoms with Gasteiger partial charge in [-0.05, 0) is 44.8 Å². The Bertz CT molecular complexity index is 314. The van der Waals surface area contributed by atoms with Gasteiger partial charge < -0.3 is 10.5 Å². The van der Waals surface area contributed by atoms with Gasteiger partial charge in [0.25, 0.3) is 0 Å². The second kappa shape index (κ2) is 6.15. The highest BCUT2D eigenvalue weighted by atomic mass is 16.6. The van der Waals surface area contributed by atoms with Gasteiger partial charge in [0.2, 0.25) is 5.91 Å².